The molecule has 0 heterocycles. The van der Waals surface area contributed by atoms with Gasteiger partial charge in [0.25, 0.3) is 0 Å². The molecule has 1 aliphatic rings. The molecule has 0 bridgehead atoms. The number of nitrogens with one attached hydrogen (secondary N) is 1. The number of carbonyl (C=O) groups excluding carboxylic acids is 3. The Morgan fingerprint density at radius 2 is 1.42 bits per heavy atom. The standard InChI is InChI=1S/C16H7ClF3NO3/c17-11-5-9-10(6-12(11)21-15(24)16(18,19)20)14(23)8-4-2-1-3-7(8)13(9)22/h1-6H,(H,21,24). The van der Waals surface area contributed by atoms with E-state index < -0.39 is 29.3 Å². The SMILES string of the molecule is O=C1c2ccccc2C(=O)c2cc(NC(=O)C(F)(F)F)c(Cl)cc21. The number of rotatable bonds is 1. The lowest BCUT2D eigenvalue weighted by molar-refractivity contribution is -0.167. The van der Waals surface area contributed by atoms with Crippen LogP contribution in [0.1, 0.15) is 31.8 Å². The van der Waals surface area contributed by atoms with Crippen LogP contribution in [0.5, 0.6) is 0 Å². The minimum atomic E-state index is -5.11. The Morgan fingerprint density at radius 3 is 1.92 bits per heavy atom. The van der Waals surface area contributed by atoms with Gasteiger partial charge >= 0.3 is 12.1 Å². The molecule has 0 aliphatic heterocycles. The summed E-state index contributed by atoms with van der Waals surface area (Å²) in [6, 6.07) is 8.15. The van der Waals surface area contributed by atoms with E-state index in [-0.39, 0.29) is 27.3 Å². The van der Waals surface area contributed by atoms with E-state index in [0.29, 0.717) is 0 Å². The maximum atomic E-state index is 12.5. The van der Waals surface area contributed by atoms with Crippen molar-refractivity contribution in [3.05, 3.63) is 63.7 Å². The summed E-state index contributed by atoms with van der Waals surface area (Å²) in [5, 5.41) is 1.33. The third kappa shape index (κ3) is 2.56. The molecule has 0 saturated carbocycles. The number of benzene rings is 2. The first-order valence-electron chi connectivity index (χ1n) is 6.60. The molecule has 1 aliphatic carbocycles. The lowest BCUT2D eigenvalue weighted by Crippen LogP contribution is -2.30. The summed E-state index contributed by atoms with van der Waals surface area (Å²) in [7, 11) is 0. The first-order chi connectivity index (χ1) is 11.2. The zero-order valence-corrected chi connectivity index (χ0v) is 12.5. The number of amides is 1. The van der Waals surface area contributed by atoms with Crippen LogP contribution in [0.3, 0.4) is 0 Å². The van der Waals surface area contributed by atoms with Crippen LogP contribution in [0.2, 0.25) is 5.02 Å². The molecular weight excluding hydrogens is 347 g/mol. The van der Waals surface area contributed by atoms with Gasteiger partial charge in [-0.3, -0.25) is 14.4 Å². The van der Waals surface area contributed by atoms with Crippen LogP contribution in [0.25, 0.3) is 0 Å². The largest absolute Gasteiger partial charge is 0.471 e. The fourth-order valence-corrected chi connectivity index (χ4v) is 2.62. The second-order valence-electron chi connectivity index (χ2n) is 5.03. The van der Waals surface area contributed by atoms with Gasteiger partial charge in [0.05, 0.1) is 10.7 Å². The Morgan fingerprint density at radius 1 is 0.917 bits per heavy atom. The second kappa shape index (κ2) is 5.45. The summed E-state index contributed by atoms with van der Waals surface area (Å²) < 4.78 is 37.1. The molecule has 0 fully saturated rings. The van der Waals surface area contributed by atoms with E-state index in [2.05, 4.69) is 0 Å². The number of alkyl halides is 3. The Kier molecular flexibility index (Phi) is 3.68. The maximum absolute atomic E-state index is 12.5. The third-order valence-electron chi connectivity index (χ3n) is 3.52. The predicted octanol–water partition coefficient (Wildman–Crippen LogP) is 3.62. The number of carbonyl (C=O) groups is 3. The number of ketones is 2. The minimum absolute atomic E-state index is 0.0197. The number of halogens is 4. The number of anilines is 1. The monoisotopic (exact) mass is 353 g/mol. The van der Waals surface area contributed by atoms with Crippen molar-refractivity contribution < 1.29 is 27.6 Å². The lowest BCUT2D eigenvalue weighted by Gasteiger charge is -2.19. The molecule has 8 heteroatoms. The van der Waals surface area contributed by atoms with Gasteiger partial charge in [0.1, 0.15) is 0 Å². The third-order valence-corrected chi connectivity index (χ3v) is 3.83. The maximum Gasteiger partial charge on any atom is 0.471 e. The van der Waals surface area contributed by atoms with Crippen molar-refractivity contribution in [1.29, 1.82) is 0 Å². The zero-order valence-electron chi connectivity index (χ0n) is 11.7. The molecule has 0 unspecified atom stereocenters. The van der Waals surface area contributed by atoms with Gasteiger partial charge in [-0.2, -0.15) is 13.2 Å². The zero-order chi connectivity index (χ0) is 17.6. The molecule has 1 N–H and O–H groups in total. The van der Waals surface area contributed by atoms with Crippen LogP contribution >= 0.6 is 11.6 Å². The Labute approximate surface area is 138 Å². The normalized spacial score (nSPS) is 13.3. The summed E-state index contributed by atoms with van der Waals surface area (Å²) in [5.41, 5.74) is -0.184. The van der Waals surface area contributed by atoms with Crippen LogP contribution in [-0.2, 0) is 4.79 Å². The highest BCUT2D eigenvalue weighted by atomic mass is 35.5. The van der Waals surface area contributed by atoms with Crippen LogP contribution in [0.4, 0.5) is 18.9 Å². The fraction of sp³-hybridized carbons (Fsp3) is 0.0625. The molecule has 0 radical (unpaired) electrons. The highest BCUT2D eigenvalue weighted by molar-refractivity contribution is 6.36. The molecule has 122 valence electrons. The van der Waals surface area contributed by atoms with Crippen molar-refractivity contribution >= 4 is 34.8 Å². The van der Waals surface area contributed by atoms with Gasteiger partial charge in [-0.05, 0) is 12.1 Å². The van der Waals surface area contributed by atoms with Gasteiger partial charge < -0.3 is 5.32 Å². The summed E-state index contributed by atoms with van der Waals surface area (Å²) in [6.45, 7) is 0. The van der Waals surface area contributed by atoms with Gasteiger partial charge in [0, 0.05) is 22.3 Å². The highest BCUT2D eigenvalue weighted by Crippen LogP contribution is 2.34. The van der Waals surface area contributed by atoms with Crippen LogP contribution < -0.4 is 5.32 Å². The van der Waals surface area contributed by atoms with Crippen molar-refractivity contribution in [3.8, 4) is 0 Å². The molecular formula is C16H7ClF3NO3. The van der Waals surface area contributed by atoms with Gasteiger partial charge in [-0.1, -0.05) is 35.9 Å². The molecule has 0 spiro atoms. The molecule has 3 rings (SSSR count). The molecule has 24 heavy (non-hydrogen) atoms. The first-order valence-corrected chi connectivity index (χ1v) is 6.98. The number of hydrogen-bond donors (Lipinski definition) is 1. The topological polar surface area (TPSA) is 63.2 Å². The second-order valence-corrected chi connectivity index (χ2v) is 5.44. The van der Waals surface area contributed by atoms with E-state index in [1.807, 2.05) is 0 Å². The molecule has 2 aromatic rings. The van der Waals surface area contributed by atoms with Gasteiger partial charge in [-0.15, -0.1) is 0 Å². The van der Waals surface area contributed by atoms with E-state index in [9.17, 15) is 27.6 Å². The summed E-state index contributed by atoms with van der Waals surface area (Å²) in [5.74, 6) is -3.21. The van der Waals surface area contributed by atoms with Crippen LogP contribution in [0, 0.1) is 0 Å². The number of fused-ring (bicyclic) bond motifs is 2. The van der Waals surface area contributed by atoms with E-state index in [0.717, 1.165) is 12.1 Å². The Bertz CT molecular complexity index is 906. The van der Waals surface area contributed by atoms with Gasteiger partial charge in [0.2, 0.25) is 0 Å². The van der Waals surface area contributed by atoms with Gasteiger partial charge in [0.15, 0.2) is 11.6 Å². The summed E-state index contributed by atoms with van der Waals surface area (Å²) in [6.07, 6.45) is -5.11. The lowest BCUT2D eigenvalue weighted by atomic mass is 9.84. The van der Waals surface area contributed by atoms with Crippen molar-refractivity contribution in [3.63, 3.8) is 0 Å². The van der Waals surface area contributed by atoms with Crippen molar-refractivity contribution in [2.45, 2.75) is 6.18 Å². The summed E-state index contributed by atoms with van der Waals surface area (Å²) in [4.78, 5) is 35.9. The Balaban J connectivity index is 2.09. The highest BCUT2D eigenvalue weighted by Gasteiger charge is 2.39. The summed E-state index contributed by atoms with van der Waals surface area (Å²) >= 11 is 5.85. The van der Waals surface area contributed by atoms with E-state index in [1.54, 1.807) is 17.4 Å². The van der Waals surface area contributed by atoms with Crippen molar-refractivity contribution in [2.24, 2.45) is 0 Å². The average molecular weight is 354 g/mol. The van der Waals surface area contributed by atoms with Crippen molar-refractivity contribution in [1.82, 2.24) is 0 Å². The number of hydrogen-bond acceptors (Lipinski definition) is 3. The molecule has 1 amide bonds. The molecule has 0 atom stereocenters. The molecule has 0 saturated heterocycles. The average Bonchev–Trinajstić information content (AvgIpc) is 2.53. The molecule has 0 aromatic heterocycles. The van der Waals surface area contributed by atoms with E-state index >= 15 is 0 Å². The van der Waals surface area contributed by atoms with Gasteiger partial charge in [-0.25, -0.2) is 0 Å². The van der Waals surface area contributed by atoms with Crippen LogP contribution in [0.15, 0.2) is 36.4 Å². The van der Waals surface area contributed by atoms with Crippen molar-refractivity contribution in [2.75, 3.05) is 5.32 Å². The first kappa shape index (κ1) is 16.2. The molecule has 2 aromatic carbocycles. The van der Waals surface area contributed by atoms with E-state index in [1.165, 1.54) is 12.1 Å². The quantitative estimate of drug-likeness (QED) is 0.727. The van der Waals surface area contributed by atoms with Crippen LogP contribution in [-0.4, -0.2) is 23.6 Å². The molecule has 4 nitrogen and oxygen atoms in total. The van der Waals surface area contributed by atoms with E-state index in [4.69, 9.17) is 11.6 Å². The Hall–Kier alpha value is -2.67. The predicted molar refractivity (Wildman–Crippen MR) is 79.4 cm³/mol. The fourth-order valence-electron chi connectivity index (χ4n) is 2.41. The minimum Gasteiger partial charge on any atom is -0.317 e. The smallest absolute Gasteiger partial charge is 0.317 e.